The molecular formula is C71H66F8N18O4S3. The van der Waals surface area contributed by atoms with E-state index in [4.69, 9.17) is 9.72 Å². The van der Waals surface area contributed by atoms with E-state index in [2.05, 4.69) is 55.5 Å². The van der Waals surface area contributed by atoms with Gasteiger partial charge in [0.15, 0.2) is 34.8 Å². The predicted octanol–water partition coefficient (Wildman–Crippen LogP) is 15.2. The van der Waals surface area contributed by atoms with Crippen LogP contribution >= 0.6 is 34.0 Å². The maximum Gasteiger partial charge on any atom is 0.281 e. The van der Waals surface area contributed by atoms with E-state index in [1.54, 1.807) is 65.6 Å². The second-order valence-electron chi connectivity index (χ2n) is 26.0. The normalized spacial score (nSPS) is 16.2. The number of carbonyl (C=O) groups excluding carboxylic acids is 3. The maximum atomic E-state index is 13.6. The zero-order valence-corrected chi connectivity index (χ0v) is 59.1. The van der Waals surface area contributed by atoms with Crippen LogP contribution in [0.1, 0.15) is 152 Å². The number of aromatic nitrogens is 18. The molecule has 3 aromatic carbocycles. The summed E-state index contributed by atoms with van der Waals surface area (Å²) in [7, 11) is 6.64. The van der Waals surface area contributed by atoms with Gasteiger partial charge in [-0.25, -0.2) is 79.1 Å². The van der Waals surface area contributed by atoms with Gasteiger partial charge >= 0.3 is 0 Å². The lowest BCUT2D eigenvalue weighted by atomic mass is 9.91. The number of methoxy groups -OCH3 is 1. The summed E-state index contributed by atoms with van der Waals surface area (Å²) in [5.41, 5.74) is 4.21. The van der Waals surface area contributed by atoms with Gasteiger partial charge in [0.1, 0.15) is 84.0 Å². The van der Waals surface area contributed by atoms with Gasteiger partial charge in [-0.15, -0.1) is 34.0 Å². The van der Waals surface area contributed by atoms with Gasteiger partial charge in [-0.2, -0.15) is 30.6 Å². The van der Waals surface area contributed by atoms with E-state index in [9.17, 15) is 49.5 Å². The Morgan fingerprint density at radius 2 is 0.923 bits per heavy atom. The van der Waals surface area contributed by atoms with Crippen molar-refractivity contribution in [3.8, 4) is 71.6 Å². The van der Waals surface area contributed by atoms with Crippen molar-refractivity contribution < 1.29 is 54.2 Å². The number of rotatable bonds is 20. The lowest BCUT2D eigenvalue weighted by Gasteiger charge is -2.21. The molecule has 3 aliphatic heterocycles. The molecule has 3 unspecified atom stereocenters. The SMILES string of the molecule is COc1ccccc1-c1nc2n(n1)CCC(CC(=O)c1c(-c3nc(C(F)F)cs3)cnn1C)C2.Cc1sc(-c2cnn(C)c2C(=O)CC2CCn3nc(-c4ccc(F)cc4)nc3C2)nc1C(F)F.Cn1ncc(-c2nc(C(F)F)c(C3CC3)s2)c1C(=O)CC1CCn2nc(-c3ccc(F)cc3)nc2C1. The monoisotopic (exact) mass is 1480 g/mol. The highest BCUT2D eigenvalue weighted by molar-refractivity contribution is 7.15. The van der Waals surface area contributed by atoms with Gasteiger partial charge in [0, 0.05) is 106 Å². The number of hydrogen-bond acceptors (Lipinski definition) is 19. The number of aryl methyl sites for hydroxylation is 7. The number of ketones is 3. The van der Waals surface area contributed by atoms with Crippen LogP contribution in [0.2, 0.25) is 0 Å². The molecule has 104 heavy (non-hydrogen) atoms. The van der Waals surface area contributed by atoms with Crippen molar-refractivity contribution in [3.63, 3.8) is 0 Å². The molecule has 3 atom stereocenters. The third-order valence-corrected chi connectivity index (χ3v) is 22.0. The third-order valence-electron chi connectivity index (χ3n) is 18.8. The van der Waals surface area contributed by atoms with Crippen LogP contribution in [-0.4, -0.2) is 113 Å². The molecule has 12 heterocycles. The van der Waals surface area contributed by atoms with Crippen LogP contribution < -0.4 is 4.74 Å². The molecule has 538 valence electrons. The predicted molar refractivity (Wildman–Crippen MR) is 370 cm³/mol. The zero-order chi connectivity index (χ0) is 72.8. The highest BCUT2D eigenvalue weighted by Gasteiger charge is 2.36. The van der Waals surface area contributed by atoms with Crippen LogP contribution in [0, 0.1) is 36.3 Å². The molecule has 22 nitrogen and oxygen atoms in total. The van der Waals surface area contributed by atoms with Gasteiger partial charge in [-0.05, 0) is 123 Å². The quantitative estimate of drug-likeness (QED) is 0.0508. The number of halogens is 8. The van der Waals surface area contributed by atoms with Crippen molar-refractivity contribution in [2.24, 2.45) is 38.9 Å². The zero-order valence-electron chi connectivity index (χ0n) is 56.6. The number of carbonyl (C=O) groups is 3. The van der Waals surface area contributed by atoms with Crippen LogP contribution in [0.5, 0.6) is 5.75 Å². The van der Waals surface area contributed by atoms with E-state index in [1.165, 1.54) is 67.4 Å². The Morgan fingerprint density at radius 3 is 1.35 bits per heavy atom. The number of thiazole rings is 3. The average Bonchev–Trinajstić information content (AvgIpc) is 1.63. The lowest BCUT2D eigenvalue weighted by Crippen LogP contribution is -2.23. The molecule has 0 spiro atoms. The highest BCUT2D eigenvalue weighted by Crippen LogP contribution is 2.49. The van der Waals surface area contributed by atoms with E-state index >= 15 is 0 Å². The van der Waals surface area contributed by atoms with Gasteiger partial charge in [0.2, 0.25) is 0 Å². The summed E-state index contributed by atoms with van der Waals surface area (Å²) in [4.78, 5) is 67.2. The number of benzene rings is 3. The fourth-order valence-electron chi connectivity index (χ4n) is 13.4. The molecule has 1 saturated carbocycles. The van der Waals surface area contributed by atoms with Gasteiger partial charge < -0.3 is 4.74 Å². The Balaban J connectivity index is 0.000000132. The summed E-state index contributed by atoms with van der Waals surface area (Å²) in [5, 5.41) is 28.8. The highest BCUT2D eigenvalue weighted by atomic mass is 32.1. The Hall–Kier alpha value is -10.2. The fourth-order valence-corrected chi connectivity index (χ4v) is 16.4. The number of alkyl halides is 6. The van der Waals surface area contributed by atoms with Gasteiger partial charge in [-0.3, -0.25) is 28.4 Å². The summed E-state index contributed by atoms with van der Waals surface area (Å²) in [6.45, 7) is 3.52. The molecule has 33 heteroatoms. The summed E-state index contributed by atoms with van der Waals surface area (Å²) in [6, 6.07) is 19.7. The number of nitrogens with zero attached hydrogens (tertiary/aromatic N) is 18. The van der Waals surface area contributed by atoms with Gasteiger partial charge in [-0.1, -0.05) is 12.1 Å². The first-order valence-corrected chi connectivity index (χ1v) is 36.0. The molecule has 0 amide bonds. The van der Waals surface area contributed by atoms with Crippen molar-refractivity contribution in [1.82, 2.24) is 88.6 Å². The Kier molecular flexibility index (Phi) is 20.4. The molecule has 1 fully saturated rings. The minimum atomic E-state index is -2.67. The summed E-state index contributed by atoms with van der Waals surface area (Å²) < 4.78 is 122. The van der Waals surface area contributed by atoms with Gasteiger partial charge in [0.05, 0.1) is 48.0 Å². The molecule has 0 saturated heterocycles. The first-order chi connectivity index (χ1) is 50.1. The number of ether oxygens (including phenoxy) is 1. The van der Waals surface area contributed by atoms with Crippen molar-refractivity contribution in [2.45, 2.75) is 122 Å². The van der Waals surface area contributed by atoms with Crippen molar-refractivity contribution in [3.05, 3.63) is 170 Å². The van der Waals surface area contributed by atoms with Crippen LogP contribution in [0.3, 0.4) is 0 Å². The fraction of sp³-hybridized carbons (Fsp3) is 0.366. The van der Waals surface area contributed by atoms with E-state index in [0.717, 1.165) is 88.9 Å². The average molecular weight is 1480 g/mol. The number of para-hydroxylation sites is 1. The van der Waals surface area contributed by atoms with Crippen molar-refractivity contribution in [1.29, 1.82) is 0 Å². The molecule has 12 aromatic rings. The molecule has 0 bridgehead atoms. The van der Waals surface area contributed by atoms with Crippen LogP contribution in [0.15, 0.2) is 96.8 Å². The first kappa shape index (κ1) is 70.9. The smallest absolute Gasteiger partial charge is 0.281 e. The number of fused-ring (bicyclic) bond motifs is 3. The van der Waals surface area contributed by atoms with Crippen LogP contribution in [0.25, 0.3) is 65.9 Å². The Bertz CT molecular complexity index is 5120. The lowest BCUT2D eigenvalue weighted by molar-refractivity contribution is 0.0935. The number of hydrogen-bond donors (Lipinski definition) is 0. The molecule has 9 aromatic heterocycles. The standard InChI is InChI=1S/C25H23F3N6OS.C23H21F3N6OS.C23H22F2N6O2S/c1-33-21(17(12-29-33)25-31-20(23(27)28)22(36-25)14-2-3-14)18(35)10-13-8-9-34-19(11-13)30-24(32-34)15-4-6-16(26)7-5-15;1-12-19(21(25)26)29-23(34-12)16-11-27-31(2)20(16)17(33)9-13-7-8-32-18(10-13)28-22(30-32)14-3-5-15(24)6-4-14;1-30-20(15(11-26-30)23-27-16(12-34-23)21(24)25)17(32)9-13-7-8-31-19(10-13)28-22(29-31)14-5-3-4-6-18(14)33-2/h4-7,12-14,23H,2-3,8-11H2,1H3;3-6,11,13,21H,7-10H2,1-2H3;3-6,11-13,21H,7-10H2,1-2H3. The Labute approximate surface area is 600 Å². The van der Waals surface area contributed by atoms with Crippen molar-refractivity contribution in [2.75, 3.05) is 7.11 Å². The number of Topliss-reactive ketones (excluding diaryl/α,β-unsaturated/α-hetero) is 3. The molecular weight excluding hydrogens is 1420 g/mol. The second-order valence-corrected chi connectivity index (χ2v) is 29.1. The molecule has 0 N–H and O–H groups in total. The summed E-state index contributed by atoms with van der Waals surface area (Å²) in [5.74, 6) is 4.21. The third kappa shape index (κ3) is 15.0. The van der Waals surface area contributed by atoms with Crippen LogP contribution in [0.4, 0.5) is 35.1 Å². The molecule has 16 rings (SSSR count). The summed E-state index contributed by atoms with van der Waals surface area (Å²) >= 11 is 3.48. The summed E-state index contributed by atoms with van der Waals surface area (Å²) in [6.07, 6.45) is 3.36. The van der Waals surface area contributed by atoms with Crippen LogP contribution in [-0.2, 0) is 60.0 Å². The molecule has 0 radical (unpaired) electrons. The maximum absolute atomic E-state index is 13.6. The van der Waals surface area contributed by atoms with E-state index in [1.807, 2.05) is 38.3 Å². The minimum absolute atomic E-state index is 0.0580. The largest absolute Gasteiger partial charge is 0.496 e. The van der Waals surface area contributed by atoms with Crippen molar-refractivity contribution >= 4 is 51.4 Å². The van der Waals surface area contributed by atoms with Gasteiger partial charge in [0.25, 0.3) is 19.3 Å². The first-order valence-electron chi connectivity index (χ1n) is 33.5. The molecule has 4 aliphatic rings. The van der Waals surface area contributed by atoms with E-state index in [-0.39, 0.29) is 82.6 Å². The second kappa shape index (κ2) is 29.9. The topological polar surface area (TPSA) is 245 Å². The Morgan fingerprint density at radius 1 is 0.500 bits per heavy atom. The minimum Gasteiger partial charge on any atom is -0.496 e. The van der Waals surface area contributed by atoms with E-state index < -0.39 is 19.3 Å². The van der Waals surface area contributed by atoms with E-state index in [0.29, 0.717) is 127 Å². The molecule has 1 aliphatic carbocycles.